The molecule has 1 N–H and O–H groups in total. The Kier molecular flexibility index (Phi) is 9.09. The first-order valence-electron chi connectivity index (χ1n) is 8.24. The Morgan fingerprint density at radius 3 is 2.96 bits per heavy atom. The van der Waals surface area contributed by atoms with Crippen LogP contribution in [0.4, 0.5) is 0 Å². The Labute approximate surface area is 160 Å². The summed E-state index contributed by atoms with van der Waals surface area (Å²) in [6.45, 7) is 6.34. The first-order valence-corrected chi connectivity index (χ1v) is 8.24. The molecule has 1 aromatic rings. The smallest absolute Gasteiger partial charge is 0.310 e. The number of hydrogen-bond donors (Lipinski definition) is 1. The molecule has 7 nitrogen and oxygen atoms in total. The van der Waals surface area contributed by atoms with Gasteiger partial charge in [-0.25, -0.2) is 0 Å². The van der Waals surface area contributed by atoms with Gasteiger partial charge < -0.3 is 19.5 Å². The van der Waals surface area contributed by atoms with Crippen molar-refractivity contribution in [2.45, 2.75) is 39.7 Å². The largest absolute Gasteiger partial charge is 0.466 e. The number of ether oxygens (including phenoxy) is 1. The monoisotopic (exact) mass is 450 g/mol. The molecule has 0 aromatic carbocycles. The van der Waals surface area contributed by atoms with E-state index in [1.807, 2.05) is 19.9 Å². The van der Waals surface area contributed by atoms with Gasteiger partial charge in [0.25, 0.3) is 0 Å². The van der Waals surface area contributed by atoms with Gasteiger partial charge in [0, 0.05) is 26.2 Å². The molecule has 0 amide bonds. The van der Waals surface area contributed by atoms with Crippen LogP contribution in [0.5, 0.6) is 0 Å². The number of halogens is 1. The van der Waals surface area contributed by atoms with E-state index < -0.39 is 0 Å². The molecule has 1 unspecified atom stereocenters. The molecule has 2 heterocycles. The maximum atomic E-state index is 11.9. The lowest BCUT2D eigenvalue weighted by Crippen LogP contribution is -2.48. The molecule has 0 saturated carbocycles. The van der Waals surface area contributed by atoms with E-state index in [-0.39, 0.29) is 35.9 Å². The molecule has 1 aliphatic rings. The summed E-state index contributed by atoms with van der Waals surface area (Å²) in [5.74, 6) is 1.35. The van der Waals surface area contributed by atoms with Crippen molar-refractivity contribution in [1.29, 1.82) is 0 Å². The Bertz CT molecular complexity index is 547. The highest BCUT2D eigenvalue weighted by Gasteiger charge is 2.28. The molecule has 2 rings (SSSR count). The Morgan fingerprint density at radius 2 is 2.33 bits per heavy atom. The molecule has 0 radical (unpaired) electrons. The number of guanidine groups is 1. The van der Waals surface area contributed by atoms with Crippen LogP contribution < -0.4 is 5.32 Å². The van der Waals surface area contributed by atoms with Crippen LogP contribution in [0.15, 0.2) is 15.6 Å². The van der Waals surface area contributed by atoms with E-state index >= 15 is 0 Å². The predicted molar refractivity (Wildman–Crippen MR) is 102 cm³/mol. The number of nitrogens with zero attached hydrogens (tertiary/aromatic N) is 3. The molecular formula is C16H27IN4O3. The minimum atomic E-state index is -0.115. The average Bonchev–Trinajstić information content (AvgIpc) is 3.04. The normalized spacial score (nSPS) is 18.0. The van der Waals surface area contributed by atoms with Crippen LogP contribution in [0, 0.1) is 5.92 Å². The summed E-state index contributed by atoms with van der Waals surface area (Å²) in [6.07, 6.45) is 2.67. The van der Waals surface area contributed by atoms with E-state index in [1.54, 1.807) is 7.05 Å². The van der Waals surface area contributed by atoms with Crippen LogP contribution in [0.25, 0.3) is 0 Å². The van der Waals surface area contributed by atoms with Gasteiger partial charge in [0.05, 0.1) is 24.8 Å². The van der Waals surface area contributed by atoms with Gasteiger partial charge in [-0.3, -0.25) is 9.79 Å². The van der Waals surface area contributed by atoms with Crippen LogP contribution in [-0.4, -0.2) is 48.7 Å². The second-order valence-corrected chi connectivity index (χ2v) is 5.58. The van der Waals surface area contributed by atoms with Crippen LogP contribution in [-0.2, 0) is 22.5 Å². The van der Waals surface area contributed by atoms with Crippen molar-refractivity contribution in [3.05, 3.63) is 17.5 Å². The van der Waals surface area contributed by atoms with E-state index in [0.717, 1.165) is 43.2 Å². The van der Waals surface area contributed by atoms with Crippen molar-refractivity contribution in [2.75, 3.05) is 26.7 Å². The number of nitrogens with one attached hydrogen (secondary N) is 1. The zero-order valence-electron chi connectivity index (χ0n) is 14.6. The van der Waals surface area contributed by atoms with Gasteiger partial charge in [0.15, 0.2) is 11.7 Å². The van der Waals surface area contributed by atoms with E-state index in [2.05, 4.69) is 20.4 Å². The van der Waals surface area contributed by atoms with Gasteiger partial charge in [-0.1, -0.05) is 12.1 Å². The minimum Gasteiger partial charge on any atom is -0.466 e. The molecule has 8 heteroatoms. The van der Waals surface area contributed by atoms with Gasteiger partial charge in [-0.15, -0.1) is 24.0 Å². The topological polar surface area (TPSA) is 80.0 Å². The van der Waals surface area contributed by atoms with Gasteiger partial charge in [0.1, 0.15) is 0 Å². The van der Waals surface area contributed by atoms with Crippen LogP contribution in [0.3, 0.4) is 0 Å². The number of aromatic nitrogens is 1. The maximum Gasteiger partial charge on any atom is 0.310 e. The lowest BCUT2D eigenvalue weighted by Gasteiger charge is -2.33. The molecule has 0 aliphatic carbocycles. The third-order valence-corrected chi connectivity index (χ3v) is 3.94. The number of rotatable bonds is 5. The third-order valence-electron chi connectivity index (χ3n) is 3.94. The summed E-state index contributed by atoms with van der Waals surface area (Å²) in [6, 6.07) is 1.94. The zero-order chi connectivity index (χ0) is 16.7. The summed E-state index contributed by atoms with van der Waals surface area (Å²) < 4.78 is 10.4. The number of aryl methyl sites for hydroxylation is 1. The Morgan fingerprint density at radius 1 is 1.54 bits per heavy atom. The molecule has 1 atom stereocenters. The van der Waals surface area contributed by atoms with E-state index in [9.17, 15) is 4.79 Å². The molecule has 24 heavy (non-hydrogen) atoms. The number of carbonyl (C=O) groups excluding carboxylic acids is 1. The summed E-state index contributed by atoms with van der Waals surface area (Å²) in [5.41, 5.74) is 0.942. The lowest BCUT2D eigenvalue weighted by molar-refractivity contribution is -0.149. The fourth-order valence-electron chi connectivity index (χ4n) is 2.73. The first-order chi connectivity index (χ1) is 11.2. The van der Waals surface area contributed by atoms with Crippen molar-refractivity contribution >= 4 is 35.9 Å². The van der Waals surface area contributed by atoms with Crippen LogP contribution in [0.2, 0.25) is 0 Å². The zero-order valence-corrected chi connectivity index (χ0v) is 16.9. The third kappa shape index (κ3) is 5.64. The van der Waals surface area contributed by atoms with Gasteiger partial charge in [0.2, 0.25) is 0 Å². The van der Waals surface area contributed by atoms with E-state index in [4.69, 9.17) is 9.26 Å². The summed E-state index contributed by atoms with van der Waals surface area (Å²) >= 11 is 0. The molecule has 1 aliphatic heterocycles. The standard InChI is InChI=1S/C16H26N4O3.HI/c1-4-13-9-14(23-19-13)10-18-16(17-3)20-8-6-7-12(11-20)15(21)22-5-2;/h9,12H,4-8,10-11H2,1-3H3,(H,17,18);1H. The van der Waals surface area contributed by atoms with Crippen LogP contribution in [0.1, 0.15) is 38.1 Å². The van der Waals surface area contributed by atoms with Gasteiger partial charge in [-0.05, 0) is 26.2 Å². The fourth-order valence-corrected chi connectivity index (χ4v) is 2.73. The van der Waals surface area contributed by atoms with Crippen molar-refractivity contribution < 1.29 is 14.1 Å². The average molecular weight is 450 g/mol. The van der Waals surface area contributed by atoms with Crippen molar-refractivity contribution in [1.82, 2.24) is 15.4 Å². The second kappa shape index (κ2) is 10.5. The SMILES string of the molecule is CCOC(=O)C1CCCN(C(=NC)NCc2cc(CC)no2)C1.I. The lowest BCUT2D eigenvalue weighted by atomic mass is 9.98. The number of piperidine rings is 1. The number of carbonyl (C=O) groups is 1. The highest BCUT2D eigenvalue weighted by Crippen LogP contribution is 2.18. The predicted octanol–water partition coefficient (Wildman–Crippen LogP) is 2.21. The molecule has 0 bridgehead atoms. The highest BCUT2D eigenvalue weighted by atomic mass is 127. The molecular weight excluding hydrogens is 423 g/mol. The van der Waals surface area contributed by atoms with Gasteiger partial charge >= 0.3 is 5.97 Å². The number of hydrogen-bond acceptors (Lipinski definition) is 5. The quantitative estimate of drug-likeness (QED) is 0.321. The van der Waals surface area contributed by atoms with Crippen molar-refractivity contribution in [3.8, 4) is 0 Å². The Balaban J connectivity index is 0.00000288. The highest BCUT2D eigenvalue weighted by molar-refractivity contribution is 14.0. The van der Waals surface area contributed by atoms with Crippen molar-refractivity contribution in [3.63, 3.8) is 0 Å². The fraction of sp³-hybridized carbons (Fsp3) is 0.688. The molecule has 1 fully saturated rings. The second-order valence-electron chi connectivity index (χ2n) is 5.58. The first kappa shape index (κ1) is 20.7. The number of aliphatic imine (C=N–C) groups is 1. The van der Waals surface area contributed by atoms with Crippen molar-refractivity contribution in [2.24, 2.45) is 10.9 Å². The molecule has 1 aromatic heterocycles. The summed E-state index contributed by atoms with van der Waals surface area (Å²) in [5, 5.41) is 7.25. The molecule has 0 spiro atoms. The number of likely N-dealkylation sites (tertiary alicyclic amines) is 1. The summed E-state index contributed by atoms with van der Waals surface area (Å²) in [4.78, 5) is 18.3. The van der Waals surface area contributed by atoms with Crippen LogP contribution >= 0.6 is 24.0 Å². The number of esters is 1. The minimum absolute atomic E-state index is 0. The van der Waals surface area contributed by atoms with E-state index in [0.29, 0.717) is 19.7 Å². The molecule has 136 valence electrons. The van der Waals surface area contributed by atoms with E-state index in [1.165, 1.54) is 0 Å². The van der Waals surface area contributed by atoms with Gasteiger partial charge in [-0.2, -0.15) is 0 Å². The molecule has 1 saturated heterocycles. The maximum absolute atomic E-state index is 11.9. The Hall–Kier alpha value is -1.32. The summed E-state index contributed by atoms with van der Waals surface area (Å²) in [7, 11) is 1.74.